The van der Waals surface area contributed by atoms with Crippen LogP contribution in [0.4, 0.5) is 21.7 Å². The van der Waals surface area contributed by atoms with E-state index in [0.717, 1.165) is 16.5 Å². The van der Waals surface area contributed by atoms with Crippen molar-refractivity contribution in [2.45, 2.75) is 20.3 Å². The normalized spacial score (nSPS) is 15.6. The van der Waals surface area contributed by atoms with Crippen molar-refractivity contribution in [1.29, 1.82) is 0 Å². The maximum atomic E-state index is 14.4. The predicted octanol–water partition coefficient (Wildman–Crippen LogP) is 4.03. The Morgan fingerprint density at radius 3 is 2.88 bits per heavy atom. The van der Waals surface area contributed by atoms with E-state index in [1.807, 2.05) is 38.1 Å². The third-order valence-corrected chi connectivity index (χ3v) is 4.42. The highest BCUT2D eigenvalue weighted by atomic mass is 19.1. The number of nitrogens with one attached hydrogen (secondary N) is 2. The van der Waals surface area contributed by atoms with Crippen LogP contribution < -0.4 is 10.6 Å². The van der Waals surface area contributed by atoms with Crippen LogP contribution in [-0.4, -0.2) is 15.9 Å². The molecule has 4 rings (SSSR count). The fourth-order valence-electron chi connectivity index (χ4n) is 2.98. The van der Waals surface area contributed by atoms with Gasteiger partial charge in [0.2, 0.25) is 11.9 Å². The third-order valence-electron chi connectivity index (χ3n) is 4.42. The Balaban J connectivity index is 1.69. The average molecular weight is 336 g/mol. The first kappa shape index (κ1) is 15.5. The van der Waals surface area contributed by atoms with Gasteiger partial charge in [-0.2, -0.15) is 0 Å². The molecule has 2 N–H and O–H groups in total. The van der Waals surface area contributed by atoms with Gasteiger partial charge in [0, 0.05) is 22.7 Å². The van der Waals surface area contributed by atoms with Crippen LogP contribution >= 0.6 is 0 Å². The number of benzene rings is 2. The Morgan fingerprint density at radius 1 is 1.24 bits per heavy atom. The molecule has 0 spiro atoms. The Hall–Kier alpha value is -3.02. The van der Waals surface area contributed by atoms with Crippen LogP contribution in [0.3, 0.4) is 0 Å². The van der Waals surface area contributed by atoms with Gasteiger partial charge in [-0.05, 0) is 30.2 Å². The Kier molecular flexibility index (Phi) is 3.42. The number of amides is 1. The zero-order valence-corrected chi connectivity index (χ0v) is 13.9. The van der Waals surface area contributed by atoms with E-state index >= 15 is 0 Å². The molecule has 0 fully saturated rings. The fraction of sp³-hybridized carbons (Fsp3) is 0.211. The second-order valence-corrected chi connectivity index (χ2v) is 6.88. The second-order valence-electron chi connectivity index (χ2n) is 6.88. The van der Waals surface area contributed by atoms with Gasteiger partial charge in [0.15, 0.2) is 0 Å². The van der Waals surface area contributed by atoms with Gasteiger partial charge in [-0.3, -0.25) is 4.79 Å². The summed E-state index contributed by atoms with van der Waals surface area (Å²) in [6.45, 7) is 3.74. The van der Waals surface area contributed by atoms with E-state index in [0.29, 0.717) is 23.7 Å². The van der Waals surface area contributed by atoms with Crippen molar-refractivity contribution in [3.63, 3.8) is 0 Å². The predicted molar refractivity (Wildman–Crippen MR) is 95.3 cm³/mol. The molecule has 1 amide bonds. The van der Waals surface area contributed by atoms with Crippen LogP contribution in [0.25, 0.3) is 10.9 Å². The molecule has 2 heterocycles. The van der Waals surface area contributed by atoms with Crippen LogP contribution in [0.2, 0.25) is 0 Å². The standard InChI is InChI=1S/C19H17FN4O/c1-19(2)9-12-7-16(13(20)8-15(12)22-17(19)25)24-18-21-10-11-5-3-4-6-14(11)23-18/h3-8,10H,9H2,1-2H3,(H,22,25)(H,21,23,24). The zero-order chi connectivity index (χ0) is 17.6. The molecule has 2 aromatic carbocycles. The highest BCUT2D eigenvalue weighted by molar-refractivity contribution is 5.98. The molecule has 0 saturated carbocycles. The van der Waals surface area contributed by atoms with Crippen molar-refractivity contribution in [1.82, 2.24) is 9.97 Å². The molecule has 0 atom stereocenters. The van der Waals surface area contributed by atoms with Gasteiger partial charge in [0.05, 0.1) is 11.2 Å². The van der Waals surface area contributed by atoms with Gasteiger partial charge in [-0.1, -0.05) is 32.0 Å². The second kappa shape index (κ2) is 5.51. The molecule has 126 valence electrons. The van der Waals surface area contributed by atoms with Crippen molar-refractivity contribution >= 4 is 34.1 Å². The van der Waals surface area contributed by atoms with E-state index in [2.05, 4.69) is 20.6 Å². The number of fused-ring (bicyclic) bond motifs is 2. The quantitative estimate of drug-likeness (QED) is 0.741. The van der Waals surface area contributed by atoms with Crippen LogP contribution in [0.5, 0.6) is 0 Å². The molecule has 3 aromatic rings. The maximum absolute atomic E-state index is 14.4. The van der Waals surface area contributed by atoms with Crippen molar-refractivity contribution in [3.05, 3.63) is 54.0 Å². The molecular formula is C19H17FN4O. The highest BCUT2D eigenvalue weighted by Crippen LogP contribution is 2.36. The molecule has 0 bridgehead atoms. The molecule has 0 radical (unpaired) electrons. The summed E-state index contributed by atoms with van der Waals surface area (Å²) in [5.74, 6) is -0.231. The van der Waals surface area contributed by atoms with E-state index in [9.17, 15) is 9.18 Å². The lowest BCUT2D eigenvalue weighted by Crippen LogP contribution is -2.37. The summed E-state index contributed by atoms with van der Waals surface area (Å²) >= 11 is 0. The maximum Gasteiger partial charge on any atom is 0.230 e. The number of hydrogen-bond acceptors (Lipinski definition) is 4. The van der Waals surface area contributed by atoms with Crippen LogP contribution in [0.15, 0.2) is 42.6 Å². The topological polar surface area (TPSA) is 66.9 Å². The van der Waals surface area contributed by atoms with Gasteiger partial charge in [0.1, 0.15) is 5.82 Å². The minimum Gasteiger partial charge on any atom is -0.325 e. The van der Waals surface area contributed by atoms with Crippen molar-refractivity contribution in [2.75, 3.05) is 10.6 Å². The number of carbonyl (C=O) groups excluding carboxylic acids is 1. The smallest absolute Gasteiger partial charge is 0.230 e. The number of halogens is 1. The summed E-state index contributed by atoms with van der Waals surface area (Å²) in [5, 5.41) is 6.63. The summed E-state index contributed by atoms with van der Waals surface area (Å²) < 4.78 is 14.4. The van der Waals surface area contributed by atoms with E-state index in [4.69, 9.17) is 0 Å². The van der Waals surface area contributed by atoms with Gasteiger partial charge >= 0.3 is 0 Å². The van der Waals surface area contributed by atoms with Crippen LogP contribution in [-0.2, 0) is 11.2 Å². The first-order valence-corrected chi connectivity index (χ1v) is 8.05. The summed E-state index contributed by atoms with van der Waals surface area (Å²) in [6, 6.07) is 10.7. The molecule has 1 aliphatic rings. The molecule has 1 aliphatic heterocycles. The lowest BCUT2D eigenvalue weighted by atomic mass is 9.81. The lowest BCUT2D eigenvalue weighted by Gasteiger charge is -2.30. The third kappa shape index (κ3) is 2.80. The van der Waals surface area contributed by atoms with Crippen molar-refractivity contribution in [3.8, 4) is 0 Å². The zero-order valence-electron chi connectivity index (χ0n) is 13.9. The fourth-order valence-corrected chi connectivity index (χ4v) is 2.98. The minimum atomic E-state index is -0.526. The van der Waals surface area contributed by atoms with E-state index in [-0.39, 0.29) is 5.91 Å². The van der Waals surface area contributed by atoms with Gasteiger partial charge in [0.25, 0.3) is 0 Å². The summed E-state index contributed by atoms with van der Waals surface area (Å²) in [6.07, 6.45) is 2.24. The van der Waals surface area contributed by atoms with Crippen LogP contribution in [0.1, 0.15) is 19.4 Å². The van der Waals surface area contributed by atoms with Gasteiger partial charge < -0.3 is 10.6 Å². The van der Waals surface area contributed by atoms with Gasteiger partial charge in [-0.25, -0.2) is 14.4 Å². The largest absolute Gasteiger partial charge is 0.325 e. The molecular weight excluding hydrogens is 319 g/mol. The van der Waals surface area contributed by atoms with Crippen molar-refractivity contribution in [2.24, 2.45) is 5.41 Å². The van der Waals surface area contributed by atoms with E-state index in [1.54, 1.807) is 12.3 Å². The first-order chi connectivity index (χ1) is 11.9. The summed E-state index contributed by atoms with van der Waals surface area (Å²) in [5.41, 5.74) is 1.95. The Labute approximate surface area is 144 Å². The average Bonchev–Trinajstić information content (AvgIpc) is 2.57. The summed E-state index contributed by atoms with van der Waals surface area (Å²) in [7, 11) is 0. The number of para-hydroxylation sites is 1. The SMILES string of the molecule is CC1(C)Cc2cc(Nc3ncc4ccccc4n3)c(F)cc2NC1=O. The number of aromatic nitrogens is 2. The molecule has 0 saturated heterocycles. The number of nitrogens with zero attached hydrogens (tertiary/aromatic N) is 2. The molecule has 0 aliphatic carbocycles. The molecule has 25 heavy (non-hydrogen) atoms. The highest BCUT2D eigenvalue weighted by Gasteiger charge is 2.34. The molecule has 1 aromatic heterocycles. The molecule has 0 unspecified atom stereocenters. The van der Waals surface area contributed by atoms with Crippen molar-refractivity contribution < 1.29 is 9.18 Å². The number of rotatable bonds is 2. The lowest BCUT2D eigenvalue weighted by molar-refractivity contribution is -0.124. The minimum absolute atomic E-state index is 0.0991. The summed E-state index contributed by atoms with van der Waals surface area (Å²) in [4.78, 5) is 20.7. The number of hydrogen-bond donors (Lipinski definition) is 2. The monoisotopic (exact) mass is 336 g/mol. The first-order valence-electron chi connectivity index (χ1n) is 8.05. The molecule has 6 heteroatoms. The Bertz CT molecular complexity index is 1000. The van der Waals surface area contributed by atoms with Crippen LogP contribution in [0, 0.1) is 11.2 Å². The number of anilines is 3. The van der Waals surface area contributed by atoms with E-state index < -0.39 is 11.2 Å². The van der Waals surface area contributed by atoms with Gasteiger partial charge in [-0.15, -0.1) is 0 Å². The molecule has 5 nitrogen and oxygen atoms in total. The Morgan fingerprint density at radius 2 is 2.04 bits per heavy atom. The number of carbonyl (C=O) groups is 1. The van der Waals surface area contributed by atoms with E-state index in [1.165, 1.54) is 6.07 Å².